The van der Waals surface area contributed by atoms with Gasteiger partial charge in [0.2, 0.25) is 0 Å². The van der Waals surface area contributed by atoms with E-state index in [2.05, 4.69) is 4.98 Å². The van der Waals surface area contributed by atoms with Crippen LogP contribution >= 0.6 is 0 Å². The molecule has 2 heterocycles. The highest BCUT2D eigenvalue weighted by Crippen LogP contribution is 2.39. The van der Waals surface area contributed by atoms with Crippen molar-refractivity contribution in [3.8, 4) is 0 Å². The zero-order valence-electron chi connectivity index (χ0n) is 17.9. The maximum atomic E-state index is 14.6. The van der Waals surface area contributed by atoms with E-state index in [1.807, 2.05) is 61.6 Å². The maximum absolute atomic E-state index is 14.6. The number of alkyl halides is 2. The molecule has 0 aromatic carbocycles. The first-order valence-electron chi connectivity index (χ1n) is 9.32. The lowest BCUT2D eigenvalue weighted by Crippen LogP contribution is -2.43. The summed E-state index contributed by atoms with van der Waals surface area (Å²) in [5.41, 5.74) is -0.658. The van der Waals surface area contributed by atoms with Crippen LogP contribution in [0.5, 0.6) is 0 Å². The zero-order valence-corrected chi connectivity index (χ0v) is 18.9. The quantitative estimate of drug-likeness (QED) is 0.684. The molecule has 0 aliphatic carbocycles. The number of halogens is 2. The van der Waals surface area contributed by atoms with Crippen molar-refractivity contribution in [1.29, 1.82) is 0 Å². The van der Waals surface area contributed by atoms with E-state index in [0.717, 1.165) is 0 Å². The lowest BCUT2D eigenvalue weighted by Gasteiger charge is -2.37. The number of hydrogen-bond donors (Lipinski definition) is 0. The summed E-state index contributed by atoms with van der Waals surface area (Å²) < 4.78 is 46.8. The second-order valence-corrected chi connectivity index (χ2v) is 14.6. The van der Waals surface area contributed by atoms with Gasteiger partial charge < -0.3 is 13.7 Å². The van der Waals surface area contributed by atoms with Gasteiger partial charge in [-0.1, -0.05) is 26.8 Å². The minimum Gasteiger partial charge on any atom is -0.410 e. The van der Waals surface area contributed by atoms with E-state index in [0.29, 0.717) is 5.46 Å². The first-order valence-corrected chi connectivity index (χ1v) is 12.2. The first kappa shape index (κ1) is 22.5. The van der Waals surface area contributed by atoms with E-state index in [9.17, 15) is 8.78 Å². The standard InChI is InChI=1S/C19H32BF2NO3Si/c1-16(2,3)27(8,9)24-13-19(21,22)15-11-10-14(12-23-15)20-25-17(4,5)18(6,7)26-20/h10-12H,13H2,1-9H3. The van der Waals surface area contributed by atoms with Gasteiger partial charge in [-0.15, -0.1) is 0 Å². The molecule has 0 radical (unpaired) electrons. The SMILES string of the molecule is CC1(C)OB(c2ccc(C(F)(F)CO[Si](C)(C)C(C)(C)C)nc2)OC1(C)C. The minimum absolute atomic E-state index is 0.128. The smallest absolute Gasteiger partial charge is 0.410 e. The van der Waals surface area contributed by atoms with Gasteiger partial charge >= 0.3 is 13.0 Å². The van der Waals surface area contributed by atoms with Crippen molar-refractivity contribution < 1.29 is 22.5 Å². The molecule has 0 bridgehead atoms. The van der Waals surface area contributed by atoms with Crippen LogP contribution in [0.25, 0.3) is 0 Å². The summed E-state index contributed by atoms with van der Waals surface area (Å²) in [6.45, 7) is 17.1. The average molecular weight is 399 g/mol. The van der Waals surface area contributed by atoms with Gasteiger partial charge in [0.15, 0.2) is 8.32 Å². The molecule has 0 amide bonds. The second-order valence-electron chi connectivity index (χ2n) is 9.82. The topological polar surface area (TPSA) is 40.6 Å². The molecule has 2 rings (SSSR count). The zero-order chi connectivity index (χ0) is 20.9. The maximum Gasteiger partial charge on any atom is 0.496 e. The van der Waals surface area contributed by atoms with Gasteiger partial charge in [0.1, 0.15) is 12.3 Å². The Morgan fingerprint density at radius 3 is 2.00 bits per heavy atom. The first-order chi connectivity index (χ1) is 12.0. The summed E-state index contributed by atoms with van der Waals surface area (Å²) in [7, 11) is -2.88. The Bertz CT molecular complexity index is 657. The van der Waals surface area contributed by atoms with Crippen LogP contribution in [0.15, 0.2) is 18.3 Å². The molecule has 0 saturated carbocycles. The summed E-state index contributed by atoms with van der Waals surface area (Å²) in [6.07, 6.45) is 1.40. The lowest BCUT2D eigenvalue weighted by atomic mass is 9.80. The Morgan fingerprint density at radius 1 is 1.07 bits per heavy atom. The van der Waals surface area contributed by atoms with Crippen LogP contribution in [0, 0.1) is 0 Å². The van der Waals surface area contributed by atoms with Crippen LogP contribution in [0.1, 0.15) is 54.2 Å². The van der Waals surface area contributed by atoms with Gasteiger partial charge in [0.25, 0.3) is 0 Å². The molecular formula is C19H32BF2NO3Si. The second kappa shape index (κ2) is 6.90. The molecule has 1 saturated heterocycles. The summed E-state index contributed by atoms with van der Waals surface area (Å²) in [5.74, 6) is -3.15. The van der Waals surface area contributed by atoms with Crippen LogP contribution < -0.4 is 5.46 Å². The van der Waals surface area contributed by atoms with Gasteiger partial charge in [-0.3, -0.25) is 4.98 Å². The Balaban J connectivity index is 2.10. The average Bonchev–Trinajstić information content (AvgIpc) is 2.73. The molecule has 1 aromatic rings. The molecule has 0 N–H and O–H groups in total. The number of pyridine rings is 1. The van der Waals surface area contributed by atoms with Gasteiger partial charge in [0.05, 0.1) is 11.2 Å². The van der Waals surface area contributed by atoms with Gasteiger partial charge in [0, 0.05) is 11.7 Å². The molecule has 8 heteroatoms. The molecule has 27 heavy (non-hydrogen) atoms. The fourth-order valence-corrected chi connectivity index (χ4v) is 3.28. The summed E-state index contributed by atoms with van der Waals surface area (Å²) >= 11 is 0. The van der Waals surface area contributed by atoms with Crippen LogP contribution in [-0.4, -0.2) is 38.2 Å². The lowest BCUT2D eigenvalue weighted by molar-refractivity contribution is -0.0545. The number of hydrogen-bond acceptors (Lipinski definition) is 4. The van der Waals surface area contributed by atoms with Crippen molar-refractivity contribution in [3.05, 3.63) is 24.0 Å². The normalized spacial score (nSPS) is 20.2. The fraction of sp³-hybridized carbons (Fsp3) is 0.737. The number of nitrogens with zero attached hydrogens (tertiary/aromatic N) is 1. The highest BCUT2D eigenvalue weighted by Gasteiger charge is 2.52. The van der Waals surface area contributed by atoms with Crippen molar-refractivity contribution >= 4 is 20.9 Å². The summed E-state index contributed by atoms with van der Waals surface area (Å²) in [5, 5.41) is -0.128. The van der Waals surface area contributed by atoms with E-state index in [4.69, 9.17) is 13.7 Å². The number of aromatic nitrogens is 1. The third-order valence-corrected chi connectivity index (χ3v) is 10.6. The molecule has 0 atom stereocenters. The molecule has 1 fully saturated rings. The van der Waals surface area contributed by atoms with Crippen molar-refractivity contribution in [3.63, 3.8) is 0 Å². The Kier molecular flexibility index (Phi) is 5.74. The molecule has 1 aliphatic heterocycles. The van der Waals surface area contributed by atoms with E-state index in [-0.39, 0.29) is 10.7 Å². The van der Waals surface area contributed by atoms with Crippen LogP contribution in [0.3, 0.4) is 0 Å². The van der Waals surface area contributed by atoms with Crippen LogP contribution in [0.2, 0.25) is 18.1 Å². The predicted molar refractivity (Wildman–Crippen MR) is 107 cm³/mol. The van der Waals surface area contributed by atoms with Crippen molar-refractivity contribution in [2.75, 3.05) is 6.61 Å². The molecular weight excluding hydrogens is 367 g/mol. The van der Waals surface area contributed by atoms with E-state index in [1.165, 1.54) is 12.3 Å². The summed E-state index contributed by atoms with van der Waals surface area (Å²) in [4.78, 5) is 3.98. The Hall–Kier alpha value is -0.828. The van der Waals surface area contributed by atoms with Crippen molar-refractivity contribution in [2.45, 2.75) is 83.7 Å². The van der Waals surface area contributed by atoms with Gasteiger partial charge in [-0.2, -0.15) is 8.78 Å². The third kappa shape index (κ3) is 4.61. The molecule has 4 nitrogen and oxygen atoms in total. The largest absolute Gasteiger partial charge is 0.496 e. The van der Waals surface area contributed by atoms with Crippen molar-refractivity contribution in [2.24, 2.45) is 0 Å². The van der Waals surface area contributed by atoms with Gasteiger partial charge in [-0.25, -0.2) is 0 Å². The van der Waals surface area contributed by atoms with Crippen LogP contribution in [0.4, 0.5) is 8.78 Å². The van der Waals surface area contributed by atoms with Gasteiger partial charge in [-0.05, 0) is 51.9 Å². The Labute approximate surface area is 163 Å². The van der Waals surface area contributed by atoms with Crippen molar-refractivity contribution in [1.82, 2.24) is 4.98 Å². The molecule has 152 valence electrons. The minimum atomic E-state index is -3.15. The third-order valence-electron chi connectivity index (χ3n) is 6.11. The Morgan fingerprint density at radius 2 is 1.59 bits per heavy atom. The van der Waals surface area contributed by atoms with Crippen LogP contribution in [-0.2, 0) is 19.7 Å². The number of rotatable bonds is 5. The van der Waals surface area contributed by atoms with E-state index < -0.39 is 39.2 Å². The van der Waals surface area contributed by atoms with E-state index >= 15 is 0 Å². The molecule has 1 aliphatic rings. The predicted octanol–water partition coefficient (Wildman–Crippen LogP) is 4.49. The van der Waals surface area contributed by atoms with E-state index in [1.54, 1.807) is 6.07 Å². The molecule has 0 spiro atoms. The highest BCUT2D eigenvalue weighted by atomic mass is 28.4. The molecule has 0 unspecified atom stereocenters. The fourth-order valence-electron chi connectivity index (χ4n) is 2.30. The monoisotopic (exact) mass is 399 g/mol. The summed E-state index contributed by atoms with van der Waals surface area (Å²) in [6, 6.07) is 2.92. The molecule has 1 aromatic heterocycles. The highest BCUT2D eigenvalue weighted by molar-refractivity contribution is 6.74.